The molecule has 6 heteroatoms. The van der Waals surface area contributed by atoms with Crippen LogP contribution in [0.15, 0.2) is 0 Å². The molecule has 2 heterocycles. The van der Waals surface area contributed by atoms with Crippen LogP contribution in [-0.4, -0.2) is 33.6 Å². The molecule has 1 aliphatic heterocycles. The number of nitrogens with zero attached hydrogens (tertiary/aromatic N) is 3. The van der Waals surface area contributed by atoms with Gasteiger partial charge in [0, 0.05) is 13.1 Å². The van der Waals surface area contributed by atoms with E-state index in [1.54, 1.807) is 0 Å². The molecular weight excluding hydrogens is 296 g/mol. The summed E-state index contributed by atoms with van der Waals surface area (Å²) in [5.41, 5.74) is 1.45. The molecule has 1 N–H and O–H groups in total. The summed E-state index contributed by atoms with van der Waals surface area (Å²) in [6.45, 7) is 4.28. The van der Waals surface area contributed by atoms with Crippen molar-refractivity contribution >= 4 is 17.6 Å². The van der Waals surface area contributed by atoms with Crippen LogP contribution in [0.1, 0.15) is 61.9 Å². The summed E-state index contributed by atoms with van der Waals surface area (Å²) >= 11 is 1.37. The number of rotatable bonds is 2. The molecule has 0 radical (unpaired) electrons. The second-order valence-corrected chi connectivity index (χ2v) is 7.68. The zero-order valence-electron chi connectivity index (χ0n) is 13.4. The van der Waals surface area contributed by atoms with Crippen LogP contribution in [0.2, 0.25) is 0 Å². The van der Waals surface area contributed by atoms with Crippen LogP contribution in [-0.2, 0) is 6.54 Å². The van der Waals surface area contributed by atoms with Crippen LogP contribution in [0.3, 0.4) is 0 Å². The molecule has 22 heavy (non-hydrogen) atoms. The molecule has 1 aliphatic carbocycles. The van der Waals surface area contributed by atoms with Gasteiger partial charge in [0.1, 0.15) is 0 Å². The van der Waals surface area contributed by atoms with Gasteiger partial charge >= 0.3 is 6.03 Å². The molecule has 1 spiro atoms. The first-order valence-electron chi connectivity index (χ1n) is 8.49. The normalized spacial score (nSPS) is 21.6. The monoisotopic (exact) mass is 322 g/mol. The minimum absolute atomic E-state index is 0.0701. The molecule has 2 amide bonds. The van der Waals surface area contributed by atoms with Gasteiger partial charge < -0.3 is 10.2 Å². The fraction of sp³-hybridized carbons (Fsp3) is 0.812. The van der Waals surface area contributed by atoms with E-state index in [2.05, 4.69) is 14.9 Å². The highest BCUT2D eigenvalue weighted by Gasteiger charge is 2.34. The Morgan fingerprint density at radius 1 is 1.18 bits per heavy atom. The van der Waals surface area contributed by atoms with E-state index in [0.29, 0.717) is 12.0 Å². The average molecular weight is 322 g/mol. The van der Waals surface area contributed by atoms with Gasteiger partial charge in [0.05, 0.1) is 17.1 Å². The SMILES string of the molecule is Cc1nnsc1CNC(=O)N1CCCC2(CCCCC2)CC1. The number of urea groups is 1. The first kappa shape index (κ1) is 15.7. The van der Waals surface area contributed by atoms with Crippen molar-refractivity contribution in [3.8, 4) is 0 Å². The Balaban J connectivity index is 1.52. The fourth-order valence-electron chi connectivity index (χ4n) is 3.94. The number of hydrogen-bond acceptors (Lipinski definition) is 4. The number of amides is 2. The van der Waals surface area contributed by atoms with Crippen molar-refractivity contribution in [3.05, 3.63) is 10.6 Å². The number of hydrogen-bond donors (Lipinski definition) is 1. The maximum atomic E-state index is 12.4. The highest BCUT2D eigenvalue weighted by molar-refractivity contribution is 7.05. The topological polar surface area (TPSA) is 58.1 Å². The van der Waals surface area contributed by atoms with Crippen LogP contribution in [0.25, 0.3) is 0 Å². The zero-order chi connectivity index (χ0) is 15.4. The van der Waals surface area contributed by atoms with Crippen LogP contribution in [0, 0.1) is 12.3 Å². The quantitative estimate of drug-likeness (QED) is 0.906. The van der Waals surface area contributed by atoms with Gasteiger partial charge in [-0.05, 0) is 56.0 Å². The number of aromatic nitrogens is 2. The van der Waals surface area contributed by atoms with Crippen LogP contribution in [0.4, 0.5) is 4.79 Å². The molecular formula is C16H26N4OS. The van der Waals surface area contributed by atoms with Crippen molar-refractivity contribution in [2.45, 2.75) is 64.8 Å². The second kappa shape index (κ2) is 6.94. The predicted molar refractivity (Wildman–Crippen MR) is 87.8 cm³/mol. The predicted octanol–water partition coefficient (Wildman–Crippen LogP) is 3.49. The van der Waals surface area contributed by atoms with E-state index < -0.39 is 0 Å². The molecule has 3 rings (SSSR count). The third-order valence-corrected chi connectivity index (χ3v) is 6.22. The van der Waals surface area contributed by atoms with E-state index in [1.807, 2.05) is 11.8 Å². The number of carbonyl (C=O) groups is 1. The Hall–Kier alpha value is -1.17. The Kier molecular flexibility index (Phi) is 4.96. The molecule has 1 aromatic heterocycles. The van der Waals surface area contributed by atoms with Gasteiger partial charge in [-0.2, -0.15) is 0 Å². The van der Waals surface area contributed by atoms with Gasteiger partial charge in [0.2, 0.25) is 0 Å². The van der Waals surface area contributed by atoms with Gasteiger partial charge in [-0.1, -0.05) is 23.8 Å². The Bertz CT molecular complexity index is 510. The molecule has 0 atom stereocenters. The van der Waals surface area contributed by atoms with E-state index in [9.17, 15) is 4.79 Å². The van der Waals surface area contributed by atoms with E-state index in [1.165, 1.54) is 56.5 Å². The first-order chi connectivity index (χ1) is 10.7. The van der Waals surface area contributed by atoms with Crippen molar-refractivity contribution < 1.29 is 4.79 Å². The van der Waals surface area contributed by atoms with Crippen molar-refractivity contribution in [3.63, 3.8) is 0 Å². The summed E-state index contributed by atoms with van der Waals surface area (Å²) in [6, 6.07) is 0.0701. The lowest BCUT2D eigenvalue weighted by Crippen LogP contribution is -2.40. The largest absolute Gasteiger partial charge is 0.333 e. The Labute approximate surface area is 136 Å². The summed E-state index contributed by atoms with van der Waals surface area (Å²) in [4.78, 5) is 15.5. The average Bonchev–Trinajstić information content (AvgIpc) is 2.83. The van der Waals surface area contributed by atoms with Gasteiger partial charge in [-0.25, -0.2) is 4.79 Å². The highest BCUT2D eigenvalue weighted by atomic mass is 32.1. The third kappa shape index (κ3) is 3.59. The van der Waals surface area contributed by atoms with Gasteiger partial charge in [0.25, 0.3) is 0 Å². The van der Waals surface area contributed by atoms with Crippen molar-refractivity contribution in [1.29, 1.82) is 0 Å². The highest BCUT2D eigenvalue weighted by Crippen LogP contribution is 2.44. The third-order valence-electron chi connectivity index (χ3n) is 5.39. The lowest BCUT2D eigenvalue weighted by Gasteiger charge is -2.36. The summed E-state index contributed by atoms with van der Waals surface area (Å²) in [5.74, 6) is 0. The lowest BCUT2D eigenvalue weighted by atomic mass is 9.69. The van der Waals surface area contributed by atoms with Gasteiger partial charge in [0.15, 0.2) is 0 Å². The molecule has 0 unspecified atom stereocenters. The molecule has 122 valence electrons. The molecule has 1 aromatic rings. The lowest BCUT2D eigenvalue weighted by molar-refractivity contribution is 0.157. The summed E-state index contributed by atoms with van der Waals surface area (Å²) in [7, 11) is 0. The van der Waals surface area contributed by atoms with E-state index in [0.717, 1.165) is 30.1 Å². The zero-order valence-corrected chi connectivity index (χ0v) is 14.3. The van der Waals surface area contributed by atoms with Crippen LogP contribution < -0.4 is 5.32 Å². The first-order valence-corrected chi connectivity index (χ1v) is 9.27. The summed E-state index contributed by atoms with van der Waals surface area (Å²) in [6.07, 6.45) is 10.5. The molecule has 5 nitrogen and oxygen atoms in total. The molecule has 2 fully saturated rings. The van der Waals surface area contributed by atoms with Crippen molar-refractivity contribution in [2.24, 2.45) is 5.41 Å². The fourth-order valence-corrected chi connectivity index (χ4v) is 4.51. The van der Waals surface area contributed by atoms with Crippen molar-refractivity contribution in [2.75, 3.05) is 13.1 Å². The maximum Gasteiger partial charge on any atom is 0.317 e. The van der Waals surface area contributed by atoms with E-state index >= 15 is 0 Å². The maximum absolute atomic E-state index is 12.4. The summed E-state index contributed by atoms with van der Waals surface area (Å²) in [5, 5.41) is 7.01. The van der Waals surface area contributed by atoms with E-state index in [-0.39, 0.29) is 6.03 Å². The summed E-state index contributed by atoms with van der Waals surface area (Å²) < 4.78 is 3.91. The minimum Gasteiger partial charge on any atom is -0.333 e. The molecule has 0 bridgehead atoms. The minimum atomic E-state index is 0.0701. The number of likely N-dealkylation sites (tertiary alicyclic amines) is 1. The Morgan fingerprint density at radius 2 is 1.95 bits per heavy atom. The van der Waals surface area contributed by atoms with Gasteiger partial charge in [-0.15, -0.1) is 5.10 Å². The standard InChI is InChI=1S/C16H26N4OS/c1-13-14(22-19-18-13)12-17-15(21)20-10-5-8-16(9-11-20)6-3-2-4-7-16/h2-12H2,1H3,(H,17,21). The van der Waals surface area contributed by atoms with Crippen molar-refractivity contribution in [1.82, 2.24) is 19.8 Å². The molecule has 1 saturated carbocycles. The number of nitrogens with one attached hydrogen (secondary N) is 1. The smallest absolute Gasteiger partial charge is 0.317 e. The van der Waals surface area contributed by atoms with Crippen LogP contribution in [0.5, 0.6) is 0 Å². The number of carbonyl (C=O) groups excluding carboxylic acids is 1. The molecule has 2 aliphatic rings. The molecule has 0 aromatic carbocycles. The van der Waals surface area contributed by atoms with Crippen LogP contribution >= 0.6 is 11.5 Å². The molecule has 1 saturated heterocycles. The van der Waals surface area contributed by atoms with Gasteiger partial charge in [-0.3, -0.25) is 0 Å². The second-order valence-electron chi connectivity index (χ2n) is 6.84. The van der Waals surface area contributed by atoms with E-state index in [4.69, 9.17) is 0 Å². The number of aryl methyl sites for hydroxylation is 1. The Morgan fingerprint density at radius 3 is 2.68 bits per heavy atom.